The van der Waals surface area contributed by atoms with Crippen LogP contribution in [-0.4, -0.2) is 19.9 Å². The second-order valence-electron chi connectivity index (χ2n) is 11.3. The van der Waals surface area contributed by atoms with Crippen LogP contribution in [0.25, 0.3) is 66.6 Å². The first-order chi connectivity index (χ1) is 24.8. The molecular weight excluding hydrogens is 836 g/mol. The van der Waals surface area contributed by atoms with Crippen molar-refractivity contribution in [2.75, 3.05) is 0 Å². The van der Waals surface area contributed by atoms with Crippen LogP contribution in [0.2, 0.25) is 0 Å². The molecule has 0 spiro atoms. The molecule has 52 heavy (non-hydrogen) atoms. The number of hydrogen-bond acceptors (Lipinski definition) is 4. The van der Waals surface area contributed by atoms with Gasteiger partial charge in [-0.05, 0) is 57.9 Å². The molecule has 0 aliphatic heterocycles. The first-order valence-corrected chi connectivity index (χ1v) is 16.4. The van der Waals surface area contributed by atoms with Crippen molar-refractivity contribution in [1.82, 2.24) is 19.9 Å². The van der Waals surface area contributed by atoms with Crippen molar-refractivity contribution < 1.29 is 32.5 Å². The Morgan fingerprint density at radius 3 is 1.12 bits per heavy atom. The van der Waals surface area contributed by atoms with E-state index in [0.29, 0.717) is 0 Å². The largest absolute Gasteiger partial charge is 1.00 e. The van der Waals surface area contributed by atoms with E-state index in [0.717, 1.165) is 44.3 Å². The van der Waals surface area contributed by atoms with Crippen molar-refractivity contribution in [2.45, 2.75) is 0 Å². The maximum atomic E-state index is 4.67. The zero-order valence-electron chi connectivity index (χ0n) is 28.0. The van der Waals surface area contributed by atoms with Crippen LogP contribution in [0, 0.1) is 12.1 Å². The summed E-state index contributed by atoms with van der Waals surface area (Å²) in [4.78, 5) is 17.8. The third-order valence-corrected chi connectivity index (χ3v) is 8.09. The molecule has 6 heteroatoms. The maximum absolute atomic E-state index is 4.67. The van der Waals surface area contributed by atoms with E-state index in [2.05, 4.69) is 105 Å². The molecule has 0 unspecified atom stereocenters. The van der Waals surface area contributed by atoms with E-state index in [4.69, 9.17) is 0 Å². The molecule has 0 aliphatic rings. The Morgan fingerprint density at radius 2 is 0.750 bits per heavy atom. The number of benzene rings is 5. The molecule has 0 N–H and O–H groups in total. The summed E-state index contributed by atoms with van der Waals surface area (Å²) < 4.78 is 0. The average Bonchev–Trinajstić information content (AvgIpc) is 3.23. The molecule has 5 aromatic carbocycles. The summed E-state index contributed by atoms with van der Waals surface area (Å²) in [6.07, 6.45) is 7.33. The van der Waals surface area contributed by atoms with Crippen molar-refractivity contribution in [3.63, 3.8) is 0 Å². The molecular formula is C46H32ClIrN4-3. The van der Waals surface area contributed by atoms with Crippen LogP contribution < -0.4 is 12.4 Å². The smallest absolute Gasteiger partial charge is 0.0970 e. The van der Waals surface area contributed by atoms with Crippen molar-refractivity contribution in [3.05, 3.63) is 207 Å². The van der Waals surface area contributed by atoms with Gasteiger partial charge in [0.2, 0.25) is 0 Å². The molecule has 0 saturated heterocycles. The quantitative estimate of drug-likeness (QED) is 0.132. The number of nitrogens with zero attached hydrogens (tertiary/aromatic N) is 4. The number of halogens is 1. The van der Waals surface area contributed by atoms with E-state index < -0.39 is 0 Å². The van der Waals surface area contributed by atoms with Gasteiger partial charge in [-0.25, -0.2) is 0 Å². The molecule has 4 nitrogen and oxygen atoms in total. The van der Waals surface area contributed by atoms with Crippen molar-refractivity contribution in [1.29, 1.82) is 0 Å². The minimum absolute atomic E-state index is 0. The van der Waals surface area contributed by atoms with E-state index in [1.165, 1.54) is 22.3 Å². The summed E-state index contributed by atoms with van der Waals surface area (Å²) in [7, 11) is 0. The predicted octanol–water partition coefficient (Wildman–Crippen LogP) is 8.22. The van der Waals surface area contributed by atoms with Crippen molar-refractivity contribution in [2.24, 2.45) is 0 Å². The molecule has 4 heterocycles. The van der Waals surface area contributed by atoms with Gasteiger partial charge in [-0.3, -0.25) is 9.97 Å². The van der Waals surface area contributed by atoms with Gasteiger partial charge in [0.1, 0.15) is 0 Å². The van der Waals surface area contributed by atoms with Crippen LogP contribution in [0.5, 0.6) is 0 Å². The van der Waals surface area contributed by atoms with E-state index >= 15 is 0 Å². The summed E-state index contributed by atoms with van der Waals surface area (Å²) in [5.41, 5.74) is 10.7. The van der Waals surface area contributed by atoms with Gasteiger partial charge in [0.05, 0.1) is 11.0 Å². The third-order valence-electron chi connectivity index (χ3n) is 8.09. The van der Waals surface area contributed by atoms with Gasteiger partial charge in [0, 0.05) is 55.7 Å². The Hall–Kier alpha value is -5.84. The van der Waals surface area contributed by atoms with Gasteiger partial charge in [-0.2, -0.15) is 0 Å². The summed E-state index contributed by atoms with van der Waals surface area (Å²) >= 11 is 0. The number of fused-ring (bicyclic) bond motifs is 3. The molecule has 9 rings (SSSR count). The van der Waals surface area contributed by atoms with Crippen LogP contribution in [0.4, 0.5) is 0 Å². The Bertz CT molecular complexity index is 2150. The summed E-state index contributed by atoms with van der Waals surface area (Å²) in [6, 6.07) is 63.0. The third kappa shape index (κ3) is 9.08. The minimum atomic E-state index is 0. The van der Waals surface area contributed by atoms with Crippen molar-refractivity contribution in [3.8, 4) is 44.8 Å². The first kappa shape index (κ1) is 37.4. The minimum Gasteiger partial charge on any atom is -1.00 e. The van der Waals surface area contributed by atoms with E-state index in [-0.39, 0.29) is 32.5 Å². The number of aromatic nitrogens is 4. The number of hydrogen-bond donors (Lipinski definition) is 0. The fourth-order valence-corrected chi connectivity index (χ4v) is 5.72. The number of pyridine rings is 4. The van der Waals surface area contributed by atoms with Crippen molar-refractivity contribution >= 4 is 21.8 Å². The predicted molar refractivity (Wildman–Crippen MR) is 205 cm³/mol. The zero-order valence-corrected chi connectivity index (χ0v) is 31.1. The maximum Gasteiger partial charge on any atom is 0.0970 e. The average molecular weight is 868 g/mol. The normalized spacial score (nSPS) is 10.0. The van der Waals surface area contributed by atoms with E-state index in [9.17, 15) is 0 Å². The molecule has 0 bridgehead atoms. The molecule has 255 valence electrons. The van der Waals surface area contributed by atoms with Crippen LogP contribution in [0.1, 0.15) is 0 Å². The van der Waals surface area contributed by atoms with Crippen LogP contribution >= 0.6 is 0 Å². The van der Waals surface area contributed by atoms with Gasteiger partial charge in [0.15, 0.2) is 0 Å². The molecule has 0 saturated carbocycles. The molecule has 1 radical (unpaired) electrons. The molecule has 0 amide bonds. The second-order valence-corrected chi connectivity index (χ2v) is 11.3. The fourth-order valence-electron chi connectivity index (χ4n) is 5.72. The van der Waals surface area contributed by atoms with Gasteiger partial charge in [-0.1, -0.05) is 97.1 Å². The van der Waals surface area contributed by atoms with E-state index in [1.807, 2.05) is 109 Å². The fraction of sp³-hybridized carbons (Fsp3) is 0. The monoisotopic (exact) mass is 868 g/mol. The molecule has 0 atom stereocenters. The summed E-state index contributed by atoms with van der Waals surface area (Å²) in [5, 5.41) is 2.26. The summed E-state index contributed by atoms with van der Waals surface area (Å²) in [5.74, 6) is 0. The standard InChI is InChI=1S/C24H16N2.2C11H8N.ClH.Ir/c1-3-7-17(8-4-1)19-13-15-25-23-21(19)11-12-22-20(14-16-26-24(22)23)18-9-5-2-6-10-18;2*1-2-6-10(7-3-1)11-8-4-5-9-12-11;;/h1-16H;2*1-6,8-9H;1H;/q;2*-1;;/p-1. The zero-order chi connectivity index (χ0) is 33.8. The van der Waals surface area contributed by atoms with Gasteiger partial charge < -0.3 is 22.4 Å². The Labute approximate surface area is 324 Å². The van der Waals surface area contributed by atoms with Crippen LogP contribution in [0.15, 0.2) is 195 Å². The van der Waals surface area contributed by atoms with Gasteiger partial charge in [-0.15, -0.1) is 71.8 Å². The Balaban J connectivity index is 0.000000168. The van der Waals surface area contributed by atoms with Gasteiger partial charge >= 0.3 is 0 Å². The topological polar surface area (TPSA) is 51.6 Å². The van der Waals surface area contributed by atoms with Gasteiger partial charge in [0.25, 0.3) is 0 Å². The summed E-state index contributed by atoms with van der Waals surface area (Å²) in [6.45, 7) is 0. The molecule has 4 aromatic heterocycles. The molecule has 0 fully saturated rings. The Morgan fingerprint density at radius 1 is 0.346 bits per heavy atom. The molecule has 0 aliphatic carbocycles. The second kappa shape index (κ2) is 19.0. The van der Waals surface area contributed by atoms with E-state index in [1.54, 1.807) is 12.4 Å². The molecule has 9 aromatic rings. The Kier molecular flexibility index (Phi) is 13.6. The SMILES string of the molecule is [Cl-].[Ir].[c-]1ccccc1-c1ccccn1.[c-]1ccccc1-c1ccccn1.c1ccc(-c2ccnc3c2ccc2c(-c4ccccc4)ccnc23)cc1. The first-order valence-electron chi connectivity index (χ1n) is 16.4. The van der Waals surface area contributed by atoms with Crippen LogP contribution in [-0.2, 0) is 20.1 Å². The van der Waals surface area contributed by atoms with Crippen LogP contribution in [0.3, 0.4) is 0 Å². The number of rotatable bonds is 4.